The summed E-state index contributed by atoms with van der Waals surface area (Å²) in [6.07, 6.45) is 6.36. The largest absolute Gasteiger partial charge is 0.334 e. The molecule has 24 heavy (non-hydrogen) atoms. The van der Waals surface area contributed by atoms with E-state index in [1.165, 1.54) is 15.9 Å². The van der Waals surface area contributed by atoms with Gasteiger partial charge in [-0.25, -0.2) is 9.36 Å². The van der Waals surface area contributed by atoms with Crippen LogP contribution in [-0.2, 0) is 6.42 Å². The Balaban J connectivity index is 0.000000471. The number of fused-ring (bicyclic) bond motifs is 1. The molecule has 0 atom stereocenters. The van der Waals surface area contributed by atoms with Crippen molar-refractivity contribution in [3.8, 4) is 5.69 Å². The van der Waals surface area contributed by atoms with Gasteiger partial charge in [-0.2, -0.15) is 0 Å². The molecular weight excluding hydrogens is 320 g/mol. The molecule has 124 valence electrons. The predicted molar refractivity (Wildman–Crippen MR) is 102 cm³/mol. The van der Waals surface area contributed by atoms with Crippen molar-refractivity contribution in [2.75, 3.05) is 0 Å². The van der Waals surface area contributed by atoms with Gasteiger partial charge in [-0.05, 0) is 43.3 Å². The summed E-state index contributed by atoms with van der Waals surface area (Å²) in [7, 11) is 0. The molecule has 1 aromatic carbocycles. The van der Waals surface area contributed by atoms with Crippen LogP contribution in [0, 0.1) is 0 Å². The number of nitrogens with one attached hydrogen (secondary N) is 1. The van der Waals surface area contributed by atoms with Gasteiger partial charge < -0.3 is 0 Å². The number of benzene rings is 1. The summed E-state index contributed by atoms with van der Waals surface area (Å²) in [6, 6.07) is 8.91. The van der Waals surface area contributed by atoms with Crippen molar-refractivity contribution in [3.05, 3.63) is 86.9 Å². The van der Waals surface area contributed by atoms with Crippen LogP contribution in [0.2, 0.25) is 0 Å². The Bertz CT molecular complexity index is 958. The molecule has 5 heteroatoms. The minimum absolute atomic E-state index is 0.284. The van der Waals surface area contributed by atoms with Crippen LogP contribution in [0.5, 0.6) is 0 Å². The van der Waals surface area contributed by atoms with Crippen molar-refractivity contribution in [2.24, 2.45) is 0 Å². The van der Waals surface area contributed by atoms with Gasteiger partial charge in [0.1, 0.15) is 4.83 Å². The van der Waals surface area contributed by atoms with Gasteiger partial charge in [0.25, 0.3) is 5.56 Å². The van der Waals surface area contributed by atoms with Gasteiger partial charge in [-0.15, -0.1) is 17.9 Å². The van der Waals surface area contributed by atoms with E-state index in [1.807, 2.05) is 37.4 Å². The highest BCUT2D eigenvalue weighted by atomic mass is 32.1. The van der Waals surface area contributed by atoms with E-state index in [4.69, 9.17) is 0 Å². The van der Waals surface area contributed by atoms with Crippen LogP contribution in [0.3, 0.4) is 0 Å². The molecule has 0 amide bonds. The minimum atomic E-state index is -0.416. The van der Waals surface area contributed by atoms with Gasteiger partial charge in [0, 0.05) is 0 Å². The third-order valence-corrected chi connectivity index (χ3v) is 4.36. The Morgan fingerprint density at radius 2 is 1.83 bits per heavy atom. The molecule has 0 radical (unpaired) electrons. The van der Waals surface area contributed by atoms with Gasteiger partial charge in [-0.3, -0.25) is 9.78 Å². The molecular formula is C19H20N2O2S. The molecule has 2 heterocycles. The van der Waals surface area contributed by atoms with Gasteiger partial charge in [-0.1, -0.05) is 36.4 Å². The molecule has 0 unspecified atom stereocenters. The summed E-state index contributed by atoms with van der Waals surface area (Å²) >= 11 is 1.37. The van der Waals surface area contributed by atoms with E-state index in [0.717, 1.165) is 5.56 Å². The van der Waals surface area contributed by atoms with E-state index < -0.39 is 5.69 Å². The summed E-state index contributed by atoms with van der Waals surface area (Å²) in [5, 5.41) is 2.46. The molecule has 0 saturated heterocycles. The van der Waals surface area contributed by atoms with Crippen LogP contribution >= 0.6 is 11.3 Å². The first kappa shape index (κ1) is 17.7. The number of nitrogens with zero attached hydrogens (tertiary/aromatic N) is 1. The highest BCUT2D eigenvalue weighted by Crippen LogP contribution is 2.21. The van der Waals surface area contributed by atoms with E-state index in [-0.39, 0.29) is 5.56 Å². The van der Waals surface area contributed by atoms with Crippen LogP contribution in [0.25, 0.3) is 15.9 Å². The van der Waals surface area contributed by atoms with Crippen molar-refractivity contribution in [1.29, 1.82) is 0 Å². The lowest BCUT2D eigenvalue weighted by molar-refractivity contribution is 0.903. The van der Waals surface area contributed by atoms with Crippen LogP contribution < -0.4 is 11.2 Å². The number of hydrogen-bond donors (Lipinski definition) is 1. The first-order valence-electron chi connectivity index (χ1n) is 7.63. The molecule has 0 aliphatic carbocycles. The Labute approximate surface area is 144 Å². The van der Waals surface area contributed by atoms with Crippen molar-refractivity contribution in [3.63, 3.8) is 0 Å². The number of aromatic amines is 1. The van der Waals surface area contributed by atoms with Gasteiger partial charge in [0.2, 0.25) is 0 Å². The molecule has 0 spiro atoms. The molecule has 4 nitrogen and oxygen atoms in total. The Hall–Kier alpha value is -2.66. The summed E-state index contributed by atoms with van der Waals surface area (Å²) in [5.74, 6) is 0. The highest BCUT2D eigenvalue weighted by molar-refractivity contribution is 7.16. The predicted octanol–water partition coefficient (Wildman–Crippen LogP) is 4.05. The second-order valence-corrected chi connectivity index (χ2v) is 5.91. The van der Waals surface area contributed by atoms with Crippen LogP contribution in [-0.4, -0.2) is 9.55 Å². The number of rotatable bonds is 3. The smallest absolute Gasteiger partial charge is 0.298 e. The maximum absolute atomic E-state index is 12.6. The third kappa shape index (κ3) is 3.63. The number of para-hydroxylation sites is 1. The van der Waals surface area contributed by atoms with Gasteiger partial charge in [0.15, 0.2) is 0 Å². The van der Waals surface area contributed by atoms with Crippen molar-refractivity contribution >= 4 is 21.6 Å². The standard InChI is InChI=1S/C15H12N2O2S.C4H8/c1-2-6-10-9-20-13-12(10)14(18)17(15(19)16-13)11-7-4-3-5-8-11;1-3-4-2/h2-5,7-9H,1,6H2,(H,16,19);3-4H,1-2H3/b;4-3-. The first-order chi connectivity index (χ1) is 11.6. The number of hydrogen-bond acceptors (Lipinski definition) is 3. The zero-order chi connectivity index (χ0) is 17.5. The maximum Gasteiger partial charge on any atom is 0.334 e. The van der Waals surface area contributed by atoms with Crippen molar-refractivity contribution in [1.82, 2.24) is 9.55 Å². The average molecular weight is 340 g/mol. The lowest BCUT2D eigenvalue weighted by Gasteiger charge is -2.04. The van der Waals surface area contributed by atoms with Crippen LogP contribution in [0.4, 0.5) is 0 Å². The molecule has 3 rings (SSSR count). The SMILES string of the molecule is C/C=C\C.C=CCc1csc2[nH]c(=O)n(-c3ccccc3)c(=O)c12. The number of aromatic nitrogens is 2. The van der Waals surface area contributed by atoms with Gasteiger partial charge >= 0.3 is 5.69 Å². The number of allylic oxidation sites excluding steroid dienone is 3. The highest BCUT2D eigenvalue weighted by Gasteiger charge is 2.13. The normalized spacial score (nSPS) is 10.6. The molecule has 0 aliphatic rings. The molecule has 0 fully saturated rings. The average Bonchev–Trinajstić information content (AvgIpc) is 2.99. The second kappa shape index (κ2) is 8.26. The second-order valence-electron chi connectivity index (χ2n) is 5.03. The maximum atomic E-state index is 12.6. The van der Waals surface area contributed by atoms with E-state index >= 15 is 0 Å². The third-order valence-electron chi connectivity index (χ3n) is 3.42. The molecule has 1 N–H and O–H groups in total. The Morgan fingerprint density at radius 3 is 2.42 bits per heavy atom. The minimum Gasteiger partial charge on any atom is -0.298 e. The van der Waals surface area contributed by atoms with E-state index in [1.54, 1.807) is 30.3 Å². The molecule has 3 aromatic rings. The summed E-state index contributed by atoms with van der Waals surface area (Å²) in [6.45, 7) is 7.69. The fourth-order valence-electron chi connectivity index (χ4n) is 2.19. The van der Waals surface area contributed by atoms with Crippen LogP contribution in [0.1, 0.15) is 19.4 Å². The zero-order valence-electron chi connectivity index (χ0n) is 13.8. The fraction of sp³-hybridized carbons (Fsp3) is 0.158. The van der Waals surface area contributed by atoms with Crippen molar-refractivity contribution < 1.29 is 0 Å². The number of thiophene rings is 1. The summed E-state index contributed by atoms with van der Waals surface area (Å²) < 4.78 is 1.17. The van der Waals surface area contributed by atoms with Crippen molar-refractivity contribution in [2.45, 2.75) is 20.3 Å². The lowest BCUT2D eigenvalue weighted by atomic mass is 10.2. The molecule has 0 aliphatic heterocycles. The van der Waals surface area contributed by atoms with Gasteiger partial charge in [0.05, 0.1) is 11.1 Å². The Kier molecular flexibility index (Phi) is 6.09. The fourth-order valence-corrected chi connectivity index (χ4v) is 3.15. The summed E-state index contributed by atoms with van der Waals surface area (Å²) in [5.41, 5.74) is 0.760. The van der Waals surface area contributed by atoms with E-state index in [9.17, 15) is 9.59 Å². The zero-order valence-corrected chi connectivity index (χ0v) is 14.6. The number of H-pyrrole nitrogens is 1. The first-order valence-corrected chi connectivity index (χ1v) is 8.51. The Morgan fingerprint density at radius 1 is 1.17 bits per heavy atom. The topological polar surface area (TPSA) is 54.9 Å². The summed E-state index contributed by atoms with van der Waals surface area (Å²) in [4.78, 5) is 28.1. The quantitative estimate of drug-likeness (QED) is 0.731. The molecule has 0 saturated carbocycles. The lowest BCUT2D eigenvalue weighted by Crippen LogP contribution is -2.33. The van der Waals surface area contributed by atoms with Crippen LogP contribution in [0.15, 0.2) is 70.1 Å². The van der Waals surface area contributed by atoms with E-state index in [0.29, 0.717) is 22.3 Å². The molecule has 0 bridgehead atoms. The van der Waals surface area contributed by atoms with E-state index in [2.05, 4.69) is 11.6 Å². The monoisotopic (exact) mass is 340 g/mol. The molecule has 2 aromatic heterocycles.